The van der Waals surface area contributed by atoms with Gasteiger partial charge in [0.05, 0.1) is 5.92 Å². The zero-order chi connectivity index (χ0) is 24.2. The summed E-state index contributed by atoms with van der Waals surface area (Å²) in [4.78, 5) is 23.6. The van der Waals surface area contributed by atoms with Crippen molar-refractivity contribution >= 4 is 11.9 Å². The molecule has 1 unspecified atom stereocenters. The first-order chi connectivity index (χ1) is 15.6. The highest BCUT2D eigenvalue weighted by atomic mass is 16.4. The van der Waals surface area contributed by atoms with E-state index in [1.807, 2.05) is 48.5 Å². The number of hydrogen-bond acceptors (Lipinski definition) is 2. The number of carbonyl (C=O) groups is 2. The predicted octanol–water partition coefficient (Wildman–Crippen LogP) is 6.37. The molecular weight excluding hydrogens is 412 g/mol. The van der Waals surface area contributed by atoms with Gasteiger partial charge < -0.3 is 10.2 Å². The van der Waals surface area contributed by atoms with E-state index in [1.54, 1.807) is 0 Å². The molecule has 0 saturated heterocycles. The Balaban J connectivity index is 2.32. The normalized spacial score (nSPS) is 12.8. The fourth-order valence-corrected chi connectivity index (χ4v) is 4.77. The molecule has 2 N–H and O–H groups in total. The maximum absolute atomic E-state index is 12.4. The van der Waals surface area contributed by atoms with Crippen LogP contribution in [0.3, 0.4) is 0 Å². The smallest absolute Gasteiger partial charge is 0.310 e. The highest BCUT2D eigenvalue weighted by Gasteiger charge is 2.37. The van der Waals surface area contributed by atoms with Crippen molar-refractivity contribution in [2.24, 2.45) is 0 Å². The Morgan fingerprint density at radius 1 is 0.727 bits per heavy atom. The van der Waals surface area contributed by atoms with E-state index in [0.29, 0.717) is 5.56 Å². The maximum Gasteiger partial charge on any atom is 0.310 e. The first-order valence-corrected chi connectivity index (χ1v) is 11.3. The third kappa shape index (κ3) is 5.00. The molecule has 172 valence electrons. The van der Waals surface area contributed by atoms with Crippen LogP contribution in [0.1, 0.15) is 74.3 Å². The third-order valence-corrected chi connectivity index (χ3v) is 6.71. The van der Waals surface area contributed by atoms with Crippen LogP contribution in [0.15, 0.2) is 78.9 Å². The summed E-state index contributed by atoms with van der Waals surface area (Å²) >= 11 is 0. The molecule has 3 rings (SSSR count). The molecule has 1 atom stereocenters. The summed E-state index contributed by atoms with van der Waals surface area (Å²) in [6.45, 7) is 8.53. The number of carboxylic acids is 2. The van der Waals surface area contributed by atoms with E-state index in [9.17, 15) is 19.8 Å². The summed E-state index contributed by atoms with van der Waals surface area (Å²) in [5.41, 5.74) is 3.98. The van der Waals surface area contributed by atoms with Crippen LogP contribution >= 0.6 is 0 Å². The van der Waals surface area contributed by atoms with Crippen molar-refractivity contribution in [2.45, 2.75) is 57.3 Å². The fourth-order valence-electron chi connectivity index (χ4n) is 4.77. The van der Waals surface area contributed by atoms with Crippen molar-refractivity contribution in [3.63, 3.8) is 0 Å². The van der Waals surface area contributed by atoms with Crippen LogP contribution < -0.4 is 0 Å². The third-order valence-electron chi connectivity index (χ3n) is 6.71. The molecule has 0 saturated carbocycles. The monoisotopic (exact) mass is 444 g/mol. The molecule has 3 aromatic carbocycles. The topological polar surface area (TPSA) is 74.6 Å². The summed E-state index contributed by atoms with van der Waals surface area (Å²) in [5.74, 6) is -2.91. The SMILES string of the molecule is CC(C)(c1ccccc1)c1cccc(C(CCC(=O)O)C(=O)O)c1C(C)(C)c1ccccc1. The zero-order valence-corrected chi connectivity index (χ0v) is 19.7. The van der Waals surface area contributed by atoms with Crippen LogP contribution in [-0.4, -0.2) is 22.2 Å². The second-order valence-electron chi connectivity index (χ2n) is 9.58. The van der Waals surface area contributed by atoms with E-state index < -0.39 is 28.7 Å². The summed E-state index contributed by atoms with van der Waals surface area (Å²) in [7, 11) is 0. The van der Waals surface area contributed by atoms with Gasteiger partial charge in [0.2, 0.25) is 0 Å². The molecule has 0 aliphatic carbocycles. The number of carboxylic acid groups (broad SMARTS) is 2. The fraction of sp³-hybridized carbons (Fsp3) is 0.310. The van der Waals surface area contributed by atoms with Crippen molar-refractivity contribution in [2.75, 3.05) is 0 Å². The zero-order valence-electron chi connectivity index (χ0n) is 19.7. The molecule has 4 heteroatoms. The molecule has 0 aliphatic rings. The van der Waals surface area contributed by atoms with Gasteiger partial charge in [0.25, 0.3) is 0 Å². The van der Waals surface area contributed by atoms with Gasteiger partial charge in [-0.05, 0) is 34.2 Å². The molecule has 0 aromatic heterocycles. The standard InChI is InChI=1S/C29H32O4/c1-28(2,20-12-7-5-8-13-20)24-17-11-16-22(23(27(32)33)18-19-25(30)31)26(24)29(3,4)21-14-9-6-10-15-21/h5-17,23H,18-19H2,1-4H3,(H,30,31)(H,32,33). The average molecular weight is 445 g/mol. The van der Waals surface area contributed by atoms with Gasteiger partial charge in [-0.15, -0.1) is 0 Å². The van der Waals surface area contributed by atoms with Crippen LogP contribution in [0.2, 0.25) is 0 Å². The molecule has 0 fully saturated rings. The van der Waals surface area contributed by atoms with Crippen molar-refractivity contribution in [1.82, 2.24) is 0 Å². The minimum Gasteiger partial charge on any atom is -0.481 e. The van der Waals surface area contributed by atoms with Gasteiger partial charge in [-0.2, -0.15) is 0 Å². The Kier molecular flexibility index (Phi) is 7.06. The number of aliphatic carboxylic acids is 2. The summed E-state index contributed by atoms with van der Waals surface area (Å²) in [5, 5.41) is 19.4. The van der Waals surface area contributed by atoms with E-state index in [4.69, 9.17) is 0 Å². The van der Waals surface area contributed by atoms with Gasteiger partial charge in [-0.25, -0.2) is 0 Å². The minimum absolute atomic E-state index is 0.0394. The van der Waals surface area contributed by atoms with E-state index in [1.165, 1.54) is 0 Å². The average Bonchev–Trinajstić information content (AvgIpc) is 2.79. The summed E-state index contributed by atoms with van der Waals surface area (Å²) in [6, 6.07) is 26.1. The van der Waals surface area contributed by atoms with Gasteiger partial charge in [-0.1, -0.05) is 107 Å². The highest BCUT2D eigenvalue weighted by Crippen LogP contribution is 2.45. The second-order valence-corrected chi connectivity index (χ2v) is 9.58. The Hall–Kier alpha value is -3.40. The lowest BCUT2D eigenvalue weighted by atomic mass is 9.65. The predicted molar refractivity (Wildman–Crippen MR) is 131 cm³/mol. The van der Waals surface area contributed by atoms with E-state index in [2.05, 4.69) is 58.0 Å². The minimum atomic E-state index is -1.00. The van der Waals surface area contributed by atoms with Crippen LogP contribution in [0.25, 0.3) is 0 Å². The number of benzene rings is 3. The summed E-state index contributed by atoms with van der Waals surface area (Å²) < 4.78 is 0. The number of hydrogen-bond donors (Lipinski definition) is 2. The van der Waals surface area contributed by atoms with Gasteiger partial charge in [0, 0.05) is 17.3 Å². The van der Waals surface area contributed by atoms with Crippen molar-refractivity contribution in [1.29, 1.82) is 0 Å². The second kappa shape index (κ2) is 9.62. The molecule has 0 aliphatic heterocycles. The first-order valence-electron chi connectivity index (χ1n) is 11.3. The van der Waals surface area contributed by atoms with E-state index in [0.717, 1.165) is 22.3 Å². The Morgan fingerprint density at radius 2 is 1.24 bits per heavy atom. The maximum atomic E-state index is 12.4. The van der Waals surface area contributed by atoms with Crippen molar-refractivity contribution < 1.29 is 19.8 Å². The quantitative estimate of drug-likeness (QED) is 0.402. The van der Waals surface area contributed by atoms with Gasteiger partial charge in [0.15, 0.2) is 0 Å². The molecule has 0 bridgehead atoms. The Labute approximate surface area is 195 Å². The lowest BCUT2D eigenvalue weighted by Gasteiger charge is -2.38. The number of rotatable bonds is 9. The highest BCUT2D eigenvalue weighted by molar-refractivity contribution is 5.78. The van der Waals surface area contributed by atoms with Gasteiger partial charge in [0.1, 0.15) is 0 Å². The lowest BCUT2D eigenvalue weighted by molar-refractivity contribution is -0.140. The molecular formula is C29H32O4. The molecule has 4 nitrogen and oxygen atoms in total. The molecule has 0 radical (unpaired) electrons. The van der Waals surface area contributed by atoms with Crippen molar-refractivity contribution in [3.05, 3.63) is 107 Å². The van der Waals surface area contributed by atoms with Crippen molar-refractivity contribution in [3.8, 4) is 0 Å². The molecule has 33 heavy (non-hydrogen) atoms. The van der Waals surface area contributed by atoms with Crippen LogP contribution in [0, 0.1) is 0 Å². The van der Waals surface area contributed by atoms with E-state index in [-0.39, 0.29) is 12.8 Å². The van der Waals surface area contributed by atoms with Crippen LogP contribution in [0.4, 0.5) is 0 Å². The molecule has 0 spiro atoms. The van der Waals surface area contributed by atoms with Gasteiger partial charge >= 0.3 is 11.9 Å². The summed E-state index contributed by atoms with van der Waals surface area (Å²) in [6.07, 6.45) is -0.160. The van der Waals surface area contributed by atoms with Gasteiger partial charge in [-0.3, -0.25) is 9.59 Å². The lowest BCUT2D eigenvalue weighted by Crippen LogP contribution is -2.31. The molecule has 3 aromatic rings. The van der Waals surface area contributed by atoms with Crippen LogP contribution in [0.5, 0.6) is 0 Å². The Bertz CT molecular complexity index is 1110. The van der Waals surface area contributed by atoms with Crippen LogP contribution in [-0.2, 0) is 20.4 Å². The first kappa shape index (κ1) is 24.2. The Morgan fingerprint density at radius 3 is 1.73 bits per heavy atom. The van der Waals surface area contributed by atoms with E-state index >= 15 is 0 Å². The largest absolute Gasteiger partial charge is 0.481 e. The molecule has 0 amide bonds. The molecule has 0 heterocycles.